The average Bonchev–Trinajstić information content (AvgIpc) is 2.66. The van der Waals surface area contributed by atoms with E-state index in [1.807, 2.05) is 20.8 Å². The highest BCUT2D eigenvalue weighted by Crippen LogP contribution is 2.26. The molecule has 0 saturated carbocycles. The molecule has 6 nitrogen and oxygen atoms in total. The van der Waals surface area contributed by atoms with Crippen LogP contribution in [-0.2, 0) is 14.8 Å². The van der Waals surface area contributed by atoms with E-state index in [4.69, 9.17) is 4.74 Å². The van der Waals surface area contributed by atoms with Crippen LogP contribution in [0.15, 0.2) is 53.4 Å². The number of nitrogens with one attached hydrogen (secondary N) is 1. The molecular formula is C21H28N2O4S. The van der Waals surface area contributed by atoms with Crippen LogP contribution in [0.3, 0.4) is 0 Å². The molecule has 0 aliphatic rings. The smallest absolute Gasteiger partial charge is 0.264 e. The maximum Gasteiger partial charge on any atom is 0.264 e. The van der Waals surface area contributed by atoms with Crippen molar-refractivity contribution in [3.63, 3.8) is 0 Å². The van der Waals surface area contributed by atoms with Gasteiger partial charge in [-0.25, -0.2) is 8.42 Å². The first kappa shape index (κ1) is 21.8. The van der Waals surface area contributed by atoms with E-state index in [2.05, 4.69) is 5.32 Å². The van der Waals surface area contributed by atoms with Crippen molar-refractivity contribution in [3.05, 3.63) is 54.1 Å². The number of anilines is 1. The van der Waals surface area contributed by atoms with E-state index in [0.29, 0.717) is 11.4 Å². The molecule has 0 bridgehead atoms. The van der Waals surface area contributed by atoms with Gasteiger partial charge in [-0.3, -0.25) is 9.10 Å². The summed E-state index contributed by atoms with van der Waals surface area (Å²) in [5.74, 6) is 0.268. The molecule has 1 N–H and O–H groups in total. The fourth-order valence-corrected chi connectivity index (χ4v) is 4.28. The zero-order chi connectivity index (χ0) is 20.7. The normalized spacial score (nSPS) is 12.3. The minimum atomic E-state index is -3.90. The van der Waals surface area contributed by atoms with Gasteiger partial charge in [0.25, 0.3) is 10.0 Å². The van der Waals surface area contributed by atoms with Crippen LogP contribution in [0, 0.1) is 6.92 Å². The fraction of sp³-hybridized carbons (Fsp3) is 0.381. The Morgan fingerprint density at radius 1 is 1.11 bits per heavy atom. The van der Waals surface area contributed by atoms with Crippen LogP contribution in [0.25, 0.3) is 0 Å². The molecule has 2 aromatic rings. The Balaban J connectivity index is 2.37. The summed E-state index contributed by atoms with van der Waals surface area (Å²) < 4.78 is 32.8. The second-order valence-corrected chi connectivity index (χ2v) is 8.64. The maximum atomic E-state index is 13.3. The number of ether oxygens (including phenoxy) is 1. The molecule has 152 valence electrons. The maximum absolute atomic E-state index is 13.3. The van der Waals surface area contributed by atoms with E-state index in [0.717, 1.165) is 22.7 Å². The Kier molecular flexibility index (Phi) is 7.45. The SMILES string of the molecule is CCC[C@@H](C)NC(=O)CN(c1ccc(OC)cc1)S(=O)(=O)c1ccc(C)cc1. The van der Waals surface area contributed by atoms with E-state index >= 15 is 0 Å². The van der Waals surface area contributed by atoms with Crippen molar-refractivity contribution in [2.75, 3.05) is 18.0 Å². The molecule has 0 aliphatic heterocycles. The Labute approximate surface area is 167 Å². The average molecular weight is 405 g/mol. The summed E-state index contributed by atoms with van der Waals surface area (Å²) in [6, 6.07) is 13.2. The number of amides is 1. The quantitative estimate of drug-likeness (QED) is 0.694. The molecule has 0 spiro atoms. The zero-order valence-electron chi connectivity index (χ0n) is 16.8. The number of hydrogen-bond donors (Lipinski definition) is 1. The van der Waals surface area contributed by atoms with Gasteiger partial charge in [-0.15, -0.1) is 0 Å². The van der Waals surface area contributed by atoms with Crippen molar-refractivity contribution in [1.29, 1.82) is 0 Å². The first-order valence-corrected chi connectivity index (χ1v) is 10.7. The third-order valence-electron chi connectivity index (χ3n) is 4.39. The highest BCUT2D eigenvalue weighted by atomic mass is 32.2. The summed E-state index contributed by atoms with van der Waals surface area (Å²) in [5.41, 5.74) is 1.36. The summed E-state index contributed by atoms with van der Waals surface area (Å²) in [7, 11) is -2.36. The predicted molar refractivity (Wildman–Crippen MR) is 111 cm³/mol. The Hall–Kier alpha value is -2.54. The number of nitrogens with zero attached hydrogens (tertiary/aromatic N) is 1. The number of sulfonamides is 1. The molecule has 0 radical (unpaired) electrons. The van der Waals surface area contributed by atoms with E-state index in [1.165, 1.54) is 0 Å². The van der Waals surface area contributed by atoms with Gasteiger partial charge in [0, 0.05) is 6.04 Å². The molecule has 0 unspecified atom stereocenters. The monoisotopic (exact) mass is 404 g/mol. The van der Waals surface area contributed by atoms with Crippen molar-refractivity contribution in [3.8, 4) is 5.75 Å². The summed E-state index contributed by atoms with van der Waals surface area (Å²) in [6.45, 7) is 5.54. The number of rotatable bonds is 9. The van der Waals surface area contributed by atoms with Crippen molar-refractivity contribution >= 4 is 21.6 Å². The Morgan fingerprint density at radius 3 is 2.25 bits per heavy atom. The van der Waals surface area contributed by atoms with Crippen LogP contribution >= 0.6 is 0 Å². The lowest BCUT2D eigenvalue weighted by Gasteiger charge is -2.25. The minimum absolute atomic E-state index is 0.0164. The van der Waals surface area contributed by atoms with Crippen LogP contribution in [0.2, 0.25) is 0 Å². The number of aryl methyl sites for hydroxylation is 1. The molecule has 28 heavy (non-hydrogen) atoms. The second kappa shape index (κ2) is 9.59. The lowest BCUT2D eigenvalue weighted by atomic mass is 10.2. The van der Waals surface area contributed by atoms with Crippen LogP contribution in [0.4, 0.5) is 5.69 Å². The number of methoxy groups -OCH3 is 1. The molecular weight excluding hydrogens is 376 g/mol. The van der Waals surface area contributed by atoms with Gasteiger partial charge >= 0.3 is 0 Å². The topological polar surface area (TPSA) is 75.7 Å². The molecule has 7 heteroatoms. The molecule has 0 saturated heterocycles. The van der Waals surface area contributed by atoms with Gasteiger partial charge in [0.1, 0.15) is 12.3 Å². The summed E-state index contributed by atoms with van der Waals surface area (Å²) >= 11 is 0. The van der Waals surface area contributed by atoms with Crippen molar-refractivity contribution in [2.45, 2.75) is 44.6 Å². The van der Waals surface area contributed by atoms with Gasteiger partial charge in [-0.05, 0) is 56.7 Å². The van der Waals surface area contributed by atoms with E-state index in [9.17, 15) is 13.2 Å². The van der Waals surface area contributed by atoms with Gasteiger partial charge < -0.3 is 10.1 Å². The second-order valence-electron chi connectivity index (χ2n) is 6.78. The highest BCUT2D eigenvalue weighted by Gasteiger charge is 2.27. The van der Waals surface area contributed by atoms with Crippen LogP contribution in [-0.4, -0.2) is 34.0 Å². The molecule has 0 heterocycles. The van der Waals surface area contributed by atoms with Crippen LogP contribution in [0.5, 0.6) is 5.75 Å². The predicted octanol–water partition coefficient (Wildman–Crippen LogP) is 3.50. The first-order valence-electron chi connectivity index (χ1n) is 9.30. The van der Waals surface area contributed by atoms with Crippen molar-refractivity contribution < 1.29 is 17.9 Å². The lowest BCUT2D eigenvalue weighted by Crippen LogP contribution is -2.43. The van der Waals surface area contributed by atoms with Crippen LogP contribution in [0.1, 0.15) is 32.3 Å². The first-order chi connectivity index (χ1) is 13.3. The van der Waals surface area contributed by atoms with Crippen molar-refractivity contribution in [1.82, 2.24) is 5.32 Å². The largest absolute Gasteiger partial charge is 0.497 e. The molecule has 2 rings (SSSR count). The zero-order valence-corrected chi connectivity index (χ0v) is 17.6. The standard InChI is InChI=1S/C21H28N2O4S/c1-5-6-17(3)22-21(24)15-23(18-9-11-19(27-4)12-10-18)28(25,26)20-13-7-16(2)8-14-20/h7-14,17H,5-6,15H2,1-4H3,(H,22,24)/t17-/m1/s1. The third-order valence-corrected chi connectivity index (χ3v) is 6.17. The number of carbonyl (C=O) groups is 1. The summed E-state index contributed by atoms with van der Waals surface area (Å²) in [4.78, 5) is 12.7. The van der Waals surface area contributed by atoms with Crippen LogP contribution < -0.4 is 14.4 Å². The molecule has 1 amide bonds. The van der Waals surface area contributed by atoms with E-state index in [1.54, 1.807) is 55.6 Å². The fourth-order valence-electron chi connectivity index (χ4n) is 2.86. The molecule has 2 aromatic carbocycles. The lowest BCUT2D eigenvalue weighted by molar-refractivity contribution is -0.120. The molecule has 0 aromatic heterocycles. The van der Waals surface area contributed by atoms with Gasteiger partial charge in [0.05, 0.1) is 17.7 Å². The van der Waals surface area contributed by atoms with E-state index < -0.39 is 10.0 Å². The van der Waals surface area contributed by atoms with Gasteiger partial charge in [-0.1, -0.05) is 31.0 Å². The minimum Gasteiger partial charge on any atom is -0.497 e. The summed E-state index contributed by atoms with van der Waals surface area (Å²) in [6.07, 6.45) is 1.77. The molecule has 0 fully saturated rings. The number of benzene rings is 2. The van der Waals surface area contributed by atoms with Crippen molar-refractivity contribution in [2.24, 2.45) is 0 Å². The van der Waals surface area contributed by atoms with Gasteiger partial charge in [-0.2, -0.15) is 0 Å². The highest BCUT2D eigenvalue weighted by molar-refractivity contribution is 7.92. The third kappa shape index (κ3) is 5.48. The Morgan fingerprint density at radius 2 is 1.71 bits per heavy atom. The Bertz CT molecular complexity index is 878. The van der Waals surface area contributed by atoms with Gasteiger partial charge in [0.2, 0.25) is 5.91 Å². The van der Waals surface area contributed by atoms with E-state index in [-0.39, 0.29) is 23.4 Å². The number of carbonyl (C=O) groups excluding carboxylic acids is 1. The molecule has 0 aliphatic carbocycles. The summed E-state index contributed by atoms with van der Waals surface area (Å²) in [5, 5.41) is 2.87. The number of hydrogen-bond acceptors (Lipinski definition) is 4. The van der Waals surface area contributed by atoms with Gasteiger partial charge in [0.15, 0.2) is 0 Å². The molecule has 1 atom stereocenters.